The summed E-state index contributed by atoms with van der Waals surface area (Å²) in [5.41, 5.74) is 7.49. The van der Waals surface area contributed by atoms with Crippen LogP contribution >= 0.6 is 0 Å². The van der Waals surface area contributed by atoms with Crippen LogP contribution in [0.4, 0.5) is 0 Å². The summed E-state index contributed by atoms with van der Waals surface area (Å²) in [7, 11) is 0. The Morgan fingerprint density at radius 3 is 2.44 bits per heavy atom. The number of hydrogen-bond donors (Lipinski definition) is 5. The number of amides is 2. The number of fused-ring (bicyclic) bond motifs is 1. The van der Waals surface area contributed by atoms with Crippen LogP contribution in [0, 0.1) is 13.8 Å². The maximum Gasteiger partial charge on any atom is 0.271 e. The monoisotopic (exact) mass is 378 g/mol. The number of carbonyl (C=O) groups is 2. The Bertz CT molecular complexity index is 939. The SMILES string of the molecule is Cc1cc2nc(C(N)=O)/c(=N\C=O)n(CC(O)C(O)C(O)CO)c2cc1C. The maximum atomic E-state index is 11.8. The summed E-state index contributed by atoms with van der Waals surface area (Å²) < 4.78 is 1.32. The van der Waals surface area contributed by atoms with Gasteiger partial charge in [0.1, 0.15) is 18.3 Å². The quantitative estimate of drug-likeness (QED) is 0.343. The lowest BCUT2D eigenvalue weighted by molar-refractivity contribution is -0.107. The van der Waals surface area contributed by atoms with Gasteiger partial charge in [-0.3, -0.25) is 9.59 Å². The third kappa shape index (κ3) is 4.19. The highest BCUT2D eigenvalue weighted by molar-refractivity contribution is 5.92. The summed E-state index contributed by atoms with van der Waals surface area (Å²) in [6, 6.07) is 3.44. The summed E-state index contributed by atoms with van der Waals surface area (Å²) in [6.07, 6.45) is -4.57. The van der Waals surface area contributed by atoms with Crippen molar-refractivity contribution in [1.82, 2.24) is 9.55 Å². The molecule has 3 unspecified atom stereocenters. The lowest BCUT2D eigenvalue weighted by Crippen LogP contribution is -2.44. The molecule has 6 N–H and O–H groups in total. The Morgan fingerprint density at radius 1 is 1.26 bits per heavy atom. The molecule has 0 spiro atoms. The third-order valence-electron chi connectivity index (χ3n) is 4.33. The number of aromatic nitrogens is 2. The second-order valence-corrected chi connectivity index (χ2v) is 6.23. The summed E-state index contributed by atoms with van der Waals surface area (Å²) >= 11 is 0. The van der Waals surface area contributed by atoms with E-state index in [1.165, 1.54) is 4.57 Å². The van der Waals surface area contributed by atoms with Crippen molar-refractivity contribution in [2.75, 3.05) is 6.61 Å². The normalized spacial score (nSPS) is 15.6. The van der Waals surface area contributed by atoms with Gasteiger partial charge in [-0.15, -0.1) is 0 Å². The number of rotatable bonds is 7. The van der Waals surface area contributed by atoms with Crippen molar-refractivity contribution in [2.45, 2.75) is 38.7 Å². The van der Waals surface area contributed by atoms with E-state index in [4.69, 9.17) is 10.8 Å². The molecule has 10 nitrogen and oxygen atoms in total. The van der Waals surface area contributed by atoms with Gasteiger partial charge in [-0.1, -0.05) is 0 Å². The molecule has 27 heavy (non-hydrogen) atoms. The van der Waals surface area contributed by atoms with E-state index in [-0.39, 0.29) is 24.1 Å². The molecule has 3 atom stereocenters. The van der Waals surface area contributed by atoms with Crippen LogP contribution in [-0.4, -0.2) is 67.2 Å². The summed E-state index contributed by atoms with van der Waals surface area (Å²) in [4.78, 5) is 30.6. The molecule has 1 aromatic carbocycles. The highest BCUT2D eigenvalue weighted by atomic mass is 16.4. The molecule has 0 radical (unpaired) electrons. The lowest BCUT2D eigenvalue weighted by atomic mass is 10.1. The van der Waals surface area contributed by atoms with Crippen molar-refractivity contribution in [1.29, 1.82) is 0 Å². The van der Waals surface area contributed by atoms with Crippen molar-refractivity contribution < 1.29 is 30.0 Å². The number of benzene rings is 1. The van der Waals surface area contributed by atoms with E-state index in [1.54, 1.807) is 12.1 Å². The van der Waals surface area contributed by atoms with Crippen molar-refractivity contribution >= 4 is 23.4 Å². The fourth-order valence-corrected chi connectivity index (χ4v) is 2.69. The van der Waals surface area contributed by atoms with Crippen LogP contribution in [0.25, 0.3) is 11.0 Å². The van der Waals surface area contributed by atoms with Gasteiger partial charge >= 0.3 is 0 Å². The Morgan fingerprint density at radius 2 is 1.89 bits per heavy atom. The Hall–Kier alpha value is -2.66. The van der Waals surface area contributed by atoms with E-state index in [9.17, 15) is 24.9 Å². The highest BCUT2D eigenvalue weighted by Crippen LogP contribution is 2.18. The molecule has 10 heteroatoms. The van der Waals surface area contributed by atoms with E-state index in [0.29, 0.717) is 11.0 Å². The summed E-state index contributed by atoms with van der Waals surface area (Å²) in [5, 5.41) is 38.7. The van der Waals surface area contributed by atoms with Crippen LogP contribution in [0.2, 0.25) is 0 Å². The maximum absolute atomic E-state index is 11.8. The zero-order chi connectivity index (χ0) is 20.3. The van der Waals surface area contributed by atoms with Gasteiger partial charge in [-0.05, 0) is 37.1 Å². The van der Waals surface area contributed by atoms with E-state index in [2.05, 4.69) is 9.98 Å². The number of aryl methyl sites for hydroxylation is 2. The highest BCUT2D eigenvalue weighted by Gasteiger charge is 2.26. The number of nitrogens with two attached hydrogens (primary N) is 1. The predicted molar refractivity (Wildman–Crippen MR) is 94.5 cm³/mol. The fraction of sp³-hybridized carbons (Fsp3) is 0.412. The van der Waals surface area contributed by atoms with Gasteiger partial charge in [0.2, 0.25) is 6.41 Å². The molecule has 0 fully saturated rings. The second-order valence-electron chi connectivity index (χ2n) is 6.23. The zero-order valence-electron chi connectivity index (χ0n) is 14.9. The van der Waals surface area contributed by atoms with Gasteiger partial charge in [-0.2, -0.15) is 4.99 Å². The lowest BCUT2D eigenvalue weighted by Gasteiger charge is -2.24. The molecule has 2 rings (SSSR count). The molecule has 0 aliphatic heterocycles. The molecule has 2 amide bonds. The third-order valence-corrected chi connectivity index (χ3v) is 4.33. The van der Waals surface area contributed by atoms with Gasteiger partial charge in [0.15, 0.2) is 11.2 Å². The Balaban J connectivity index is 2.78. The number of nitrogens with zero attached hydrogens (tertiary/aromatic N) is 3. The average Bonchev–Trinajstić information content (AvgIpc) is 2.63. The topological polar surface area (TPSA) is 171 Å². The molecule has 1 heterocycles. The first-order chi connectivity index (χ1) is 12.7. The van der Waals surface area contributed by atoms with Gasteiger partial charge in [0.25, 0.3) is 5.91 Å². The van der Waals surface area contributed by atoms with E-state index >= 15 is 0 Å². The molecule has 146 valence electrons. The Kier molecular flexibility index (Phi) is 6.39. The molecular formula is C17H22N4O6. The minimum absolute atomic E-state index is 0.182. The van der Waals surface area contributed by atoms with Crippen molar-refractivity contribution in [3.63, 3.8) is 0 Å². The Labute approximate surface area is 154 Å². The first kappa shape index (κ1) is 20.6. The van der Waals surface area contributed by atoms with Gasteiger partial charge in [0, 0.05) is 0 Å². The molecule has 1 aromatic heterocycles. The van der Waals surface area contributed by atoms with Crippen LogP contribution in [0.15, 0.2) is 17.1 Å². The molecule has 0 aliphatic rings. The van der Waals surface area contributed by atoms with Crippen molar-refractivity contribution in [3.05, 3.63) is 34.4 Å². The van der Waals surface area contributed by atoms with Crippen molar-refractivity contribution in [3.8, 4) is 0 Å². The van der Waals surface area contributed by atoms with Crippen LogP contribution in [-0.2, 0) is 11.3 Å². The molecule has 2 aromatic rings. The second kappa shape index (κ2) is 8.35. The van der Waals surface area contributed by atoms with Crippen LogP contribution in [0.3, 0.4) is 0 Å². The molecule has 0 saturated heterocycles. The number of hydrogen-bond acceptors (Lipinski definition) is 7. The minimum atomic E-state index is -1.67. The predicted octanol–water partition coefficient (Wildman–Crippen LogP) is -2.12. The number of aliphatic hydroxyl groups is 4. The average molecular weight is 378 g/mol. The van der Waals surface area contributed by atoms with Gasteiger partial charge in [0.05, 0.1) is 24.2 Å². The summed E-state index contributed by atoms with van der Waals surface area (Å²) in [5.74, 6) is -0.921. The number of aliphatic hydroxyl groups excluding tert-OH is 4. The largest absolute Gasteiger partial charge is 0.394 e. The zero-order valence-corrected chi connectivity index (χ0v) is 14.9. The summed E-state index contributed by atoms with van der Waals surface area (Å²) in [6.45, 7) is 2.60. The van der Waals surface area contributed by atoms with Crippen LogP contribution in [0.1, 0.15) is 21.6 Å². The number of carbonyl (C=O) groups excluding carboxylic acids is 2. The van der Waals surface area contributed by atoms with E-state index in [0.717, 1.165) is 11.1 Å². The molecular weight excluding hydrogens is 356 g/mol. The smallest absolute Gasteiger partial charge is 0.271 e. The number of primary amides is 1. The minimum Gasteiger partial charge on any atom is -0.394 e. The molecule has 0 bridgehead atoms. The molecule has 0 aliphatic carbocycles. The standard InChI is InChI=1S/C17H22N4O6/c1-8-3-10-11(4-9(8)2)21(5-12(24)15(26)13(25)6-22)17(19-7-23)14(20-10)16(18)27/h3-4,7,12-13,15,22,24-26H,5-6H2,1-2H3,(H2,18,27)/b19-17+. The van der Waals surface area contributed by atoms with Gasteiger partial charge in [-0.25, -0.2) is 4.98 Å². The van der Waals surface area contributed by atoms with E-state index in [1.807, 2.05) is 13.8 Å². The molecule has 0 saturated carbocycles. The van der Waals surface area contributed by atoms with Crippen molar-refractivity contribution in [2.24, 2.45) is 10.7 Å². The van der Waals surface area contributed by atoms with Crippen LogP contribution in [0.5, 0.6) is 0 Å². The van der Waals surface area contributed by atoms with Gasteiger partial charge < -0.3 is 30.7 Å². The van der Waals surface area contributed by atoms with Crippen LogP contribution < -0.4 is 11.2 Å². The first-order valence-electron chi connectivity index (χ1n) is 8.15. The van der Waals surface area contributed by atoms with E-state index < -0.39 is 30.8 Å². The first-order valence-corrected chi connectivity index (χ1v) is 8.15. The fourth-order valence-electron chi connectivity index (χ4n) is 2.69.